The first-order chi connectivity index (χ1) is 11.6. The summed E-state index contributed by atoms with van der Waals surface area (Å²) in [7, 11) is 0. The molecule has 1 aromatic heterocycles. The highest BCUT2D eigenvalue weighted by Gasteiger charge is 2.25. The van der Waals surface area contributed by atoms with E-state index in [0.29, 0.717) is 6.42 Å². The van der Waals surface area contributed by atoms with E-state index in [1.54, 1.807) is 11.3 Å². The number of aromatic nitrogens is 1. The minimum absolute atomic E-state index is 0. The van der Waals surface area contributed by atoms with Crippen LogP contribution in [0, 0.1) is 6.92 Å². The third-order valence-corrected chi connectivity index (χ3v) is 5.25. The summed E-state index contributed by atoms with van der Waals surface area (Å²) in [4.78, 5) is 22.4. The van der Waals surface area contributed by atoms with E-state index in [9.17, 15) is 4.79 Å². The highest BCUT2D eigenvalue weighted by molar-refractivity contribution is 7.11. The summed E-state index contributed by atoms with van der Waals surface area (Å²) in [5.41, 5.74) is 7.24. The van der Waals surface area contributed by atoms with Gasteiger partial charge >= 0.3 is 0 Å². The van der Waals surface area contributed by atoms with Crippen molar-refractivity contribution in [3.63, 3.8) is 0 Å². The molecule has 2 N–H and O–H groups in total. The summed E-state index contributed by atoms with van der Waals surface area (Å²) in [5.74, 6) is 0.0622. The Morgan fingerprint density at radius 1 is 1.15 bits per heavy atom. The van der Waals surface area contributed by atoms with Crippen molar-refractivity contribution in [1.82, 2.24) is 14.8 Å². The van der Waals surface area contributed by atoms with Crippen molar-refractivity contribution in [3.05, 3.63) is 52.0 Å². The number of amides is 1. The summed E-state index contributed by atoms with van der Waals surface area (Å²) < 4.78 is 0. The first-order valence-electron chi connectivity index (χ1n) is 8.34. The number of carbonyl (C=O) groups excluding carboxylic acids is 1. The molecule has 1 unspecified atom stereocenters. The number of nitrogens with zero attached hydrogens (tertiary/aromatic N) is 3. The molecule has 1 aliphatic heterocycles. The average molecular weight is 454 g/mol. The van der Waals surface area contributed by atoms with E-state index < -0.39 is 6.04 Å². The molecule has 1 aliphatic rings. The van der Waals surface area contributed by atoms with E-state index in [0.717, 1.165) is 43.3 Å². The average Bonchev–Trinajstić information content (AvgIpc) is 3.00. The van der Waals surface area contributed by atoms with Gasteiger partial charge in [-0.15, -0.1) is 48.6 Å². The monoisotopic (exact) mass is 452 g/mol. The van der Waals surface area contributed by atoms with Gasteiger partial charge in [-0.05, 0) is 18.9 Å². The molecule has 5 nitrogen and oxygen atoms in total. The maximum atomic E-state index is 12.5. The molecule has 1 aromatic carbocycles. The molecule has 9 heteroatoms. The second-order valence-corrected chi connectivity index (χ2v) is 7.56. The Bertz CT molecular complexity index is 678. The van der Waals surface area contributed by atoms with Crippen LogP contribution in [0.2, 0.25) is 0 Å². The van der Waals surface area contributed by atoms with Gasteiger partial charge in [0.2, 0.25) is 5.91 Å². The molecule has 27 heavy (non-hydrogen) atoms. The molecule has 0 radical (unpaired) electrons. The van der Waals surface area contributed by atoms with Crippen LogP contribution in [-0.2, 0) is 17.8 Å². The van der Waals surface area contributed by atoms with Gasteiger partial charge in [0.25, 0.3) is 0 Å². The van der Waals surface area contributed by atoms with Gasteiger partial charge < -0.3 is 10.6 Å². The van der Waals surface area contributed by atoms with Crippen LogP contribution in [0.5, 0.6) is 0 Å². The molecule has 2 aromatic rings. The number of thiazole rings is 1. The molecule has 0 aliphatic carbocycles. The van der Waals surface area contributed by atoms with Crippen LogP contribution in [0.15, 0.2) is 36.5 Å². The lowest BCUT2D eigenvalue weighted by Gasteiger charge is -2.35. The third-order valence-electron chi connectivity index (χ3n) is 4.35. The molecule has 2 heterocycles. The van der Waals surface area contributed by atoms with Crippen molar-refractivity contribution in [3.8, 4) is 0 Å². The summed E-state index contributed by atoms with van der Waals surface area (Å²) in [6, 6.07) is 9.51. The number of hydrogen-bond acceptors (Lipinski definition) is 5. The number of piperazine rings is 1. The zero-order valence-corrected chi connectivity index (χ0v) is 18.5. The van der Waals surface area contributed by atoms with E-state index in [4.69, 9.17) is 5.73 Å². The van der Waals surface area contributed by atoms with Crippen LogP contribution < -0.4 is 5.73 Å². The zero-order valence-electron chi connectivity index (χ0n) is 15.2. The third kappa shape index (κ3) is 7.56. The maximum Gasteiger partial charge on any atom is 0.239 e. The fraction of sp³-hybridized carbons (Fsp3) is 0.444. The molecular formula is C18H27Cl3N4OS. The minimum atomic E-state index is -0.455. The van der Waals surface area contributed by atoms with Crippen LogP contribution in [0.4, 0.5) is 0 Å². The van der Waals surface area contributed by atoms with Crippen molar-refractivity contribution in [2.75, 3.05) is 26.2 Å². The number of benzene rings is 1. The maximum absolute atomic E-state index is 12.5. The van der Waals surface area contributed by atoms with E-state index in [1.165, 1.54) is 4.88 Å². The second-order valence-electron chi connectivity index (χ2n) is 6.24. The highest BCUT2D eigenvalue weighted by Crippen LogP contribution is 2.16. The molecule has 0 saturated carbocycles. The van der Waals surface area contributed by atoms with Crippen molar-refractivity contribution in [2.45, 2.75) is 25.9 Å². The first kappa shape index (κ1) is 26.1. The van der Waals surface area contributed by atoms with Crippen molar-refractivity contribution in [2.24, 2.45) is 5.73 Å². The topological polar surface area (TPSA) is 62.5 Å². The van der Waals surface area contributed by atoms with Gasteiger partial charge in [-0.3, -0.25) is 9.69 Å². The fourth-order valence-electron chi connectivity index (χ4n) is 3.02. The van der Waals surface area contributed by atoms with E-state index >= 15 is 0 Å². The van der Waals surface area contributed by atoms with Gasteiger partial charge in [0, 0.05) is 43.8 Å². The zero-order chi connectivity index (χ0) is 16.9. The molecule has 152 valence electrons. The number of halogens is 3. The predicted molar refractivity (Wildman–Crippen MR) is 119 cm³/mol. The molecule has 3 rings (SSSR count). The number of hydrogen-bond donors (Lipinski definition) is 1. The van der Waals surface area contributed by atoms with Gasteiger partial charge in [-0.25, -0.2) is 4.98 Å². The summed E-state index contributed by atoms with van der Waals surface area (Å²) in [5, 5.41) is 1.10. The minimum Gasteiger partial charge on any atom is -0.339 e. The molecule has 0 bridgehead atoms. The Balaban J connectivity index is 0.00000225. The Hall–Kier alpha value is -0.890. The number of carbonyl (C=O) groups is 1. The van der Waals surface area contributed by atoms with Crippen molar-refractivity contribution < 1.29 is 4.79 Å². The number of nitrogens with two attached hydrogens (primary N) is 1. The van der Waals surface area contributed by atoms with E-state index in [-0.39, 0.29) is 43.1 Å². The highest BCUT2D eigenvalue weighted by atomic mass is 35.5. The lowest BCUT2D eigenvalue weighted by molar-refractivity contribution is -0.134. The standard InChI is InChI=1S/C18H24N4OS.3ClH/c1-14-20-12-16(24-14)13-21-7-9-22(10-8-21)18(23)17(19)11-15-5-3-2-4-6-15;;;/h2-6,12,17H,7-11,13,19H2,1H3;3*1H. The summed E-state index contributed by atoms with van der Waals surface area (Å²) >= 11 is 1.74. The van der Waals surface area contributed by atoms with E-state index in [2.05, 4.69) is 9.88 Å². The van der Waals surface area contributed by atoms with Gasteiger partial charge in [0.05, 0.1) is 11.0 Å². The Morgan fingerprint density at radius 2 is 1.78 bits per heavy atom. The predicted octanol–water partition coefficient (Wildman–Crippen LogP) is 2.93. The SMILES string of the molecule is Cc1ncc(CN2CCN(C(=O)C(N)Cc3ccccc3)CC2)s1.Cl.Cl.Cl. The smallest absolute Gasteiger partial charge is 0.239 e. The van der Waals surface area contributed by atoms with Crippen LogP contribution in [0.1, 0.15) is 15.4 Å². The van der Waals surface area contributed by atoms with Gasteiger partial charge in [0.15, 0.2) is 0 Å². The Morgan fingerprint density at radius 3 is 2.33 bits per heavy atom. The van der Waals surface area contributed by atoms with Gasteiger partial charge in [-0.2, -0.15) is 0 Å². The number of rotatable bonds is 5. The lowest BCUT2D eigenvalue weighted by atomic mass is 10.1. The molecule has 1 atom stereocenters. The molecule has 1 amide bonds. The molecular weight excluding hydrogens is 427 g/mol. The van der Waals surface area contributed by atoms with Crippen LogP contribution in [0.3, 0.4) is 0 Å². The molecule has 1 saturated heterocycles. The van der Waals surface area contributed by atoms with Gasteiger partial charge in [0.1, 0.15) is 0 Å². The van der Waals surface area contributed by atoms with Crippen LogP contribution in [0.25, 0.3) is 0 Å². The Labute approximate surface area is 183 Å². The molecule has 1 fully saturated rings. The van der Waals surface area contributed by atoms with Crippen LogP contribution in [-0.4, -0.2) is 52.9 Å². The fourth-order valence-corrected chi connectivity index (χ4v) is 3.85. The van der Waals surface area contributed by atoms with Crippen LogP contribution >= 0.6 is 48.6 Å². The summed E-state index contributed by atoms with van der Waals surface area (Å²) in [6.45, 7) is 6.22. The van der Waals surface area contributed by atoms with Crippen molar-refractivity contribution in [1.29, 1.82) is 0 Å². The second kappa shape index (κ2) is 12.5. The quantitative estimate of drug-likeness (QED) is 0.756. The normalized spacial score (nSPS) is 15.1. The van der Waals surface area contributed by atoms with Crippen molar-refractivity contribution >= 4 is 54.5 Å². The summed E-state index contributed by atoms with van der Waals surface area (Å²) in [6.07, 6.45) is 2.55. The Kier molecular flexibility index (Phi) is 12.1. The molecule has 0 spiro atoms. The largest absolute Gasteiger partial charge is 0.339 e. The number of aryl methyl sites for hydroxylation is 1. The first-order valence-corrected chi connectivity index (χ1v) is 9.15. The van der Waals surface area contributed by atoms with Gasteiger partial charge in [-0.1, -0.05) is 30.3 Å². The van der Waals surface area contributed by atoms with E-state index in [1.807, 2.05) is 48.4 Å². The lowest BCUT2D eigenvalue weighted by Crippen LogP contribution is -2.53.